The van der Waals surface area contributed by atoms with Crippen LogP contribution in [0, 0.1) is 12.8 Å². The normalized spacial score (nSPS) is 19.8. The molecule has 1 fully saturated rings. The maximum Gasteiger partial charge on any atom is 0.0850 e. The van der Waals surface area contributed by atoms with E-state index in [-0.39, 0.29) is 5.92 Å². The Kier molecular flexibility index (Phi) is 4.13. The molecule has 0 amide bonds. The van der Waals surface area contributed by atoms with E-state index in [0.29, 0.717) is 0 Å². The van der Waals surface area contributed by atoms with Gasteiger partial charge in [0.05, 0.1) is 6.10 Å². The number of pyridine rings is 1. The highest BCUT2D eigenvalue weighted by molar-refractivity contribution is 6.31. The Labute approximate surface area is 130 Å². The van der Waals surface area contributed by atoms with E-state index in [1.807, 2.05) is 31.2 Å². The molecular weight excluding hydrogens is 284 g/mol. The third kappa shape index (κ3) is 3.04. The Morgan fingerprint density at radius 1 is 1.38 bits per heavy atom. The lowest BCUT2D eigenvalue weighted by molar-refractivity contribution is 0.119. The van der Waals surface area contributed by atoms with Gasteiger partial charge in [-0.1, -0.05) is 23.7 Å². The summed E-state index contributed by atoms with van der Waals surface area (Å²) in [7, 11) is 0. The number of halogens is 1. The number of aliphatic hydroxyl groups excluding tert-OH is 1. The molecule has 2 unspecified atom stereocenters. The molecule has 1 aromatic carbocycles. The van der Waals surface area contributed by atoms with Crippen LogP contribution in [0.3, 0.4) is 0 Å². The van der Waals surface area contributed by atoms with E-state index in [1.165, 1.54) is 0 Å². The Bertz CT molecular complexity index is 617. The number of rotatable bonds is 3. The van der Waals surface area contributed by atoms with Crippen molar-refractivity contribution >= 4 is 17.3 Å². The quantitative estimate of drug-likeness (QED) is 0.941. The average molecular weight is 303 g/mol. The minimum atomic E-state index is -0.454. The minimum Gasteiger partial charge on any atom is -0.388 e. The highest BCUT2D eigenvalue weighted by Gasteiger charge is 2.29. The lowest BCUT2D eigenvalue weighted by Gasteiger charge is -2.21. The van der Waals surface area contributed by atoms with Crippen LogP contribution >= 0.6 is 11.6 Å². The van der Waals surface area contributed by atoms with Crippen molar-refractivity contribution in [2.45, 2.75) is 19.4 Å². The van der Waals surface area contributed by atoms with E-state index in [9.17, 15) is 5.11 Å². The van der Waals surface area contributed by atoms with Crippen LogP contribution in [0.5, 0.6) is 0 Å². The van der Waals surface area contributed by atoms with Gasteiger partial charge in [0, 0.05) is 42.1 Å². The van der Waals surface area contributed by atoms with Gasteiger partial charge in [-0.05, 0) is 42.7 Å². The van der Waals surface area contributed by atoms with Gasteiger partial charge in [-0.2, -0.15) is 0 Å². The number of aromatic nitrogens is 1. The summed E-state index contributed by atoms with van der Waals surface area (Å²) >= 11 is 6.20. The topological polar surface area (TPSA) is 36.4 Å². The Morgan fingerprint density at radius 3 is 2.95 bits per heavy atom. The largest absolute Gasteiger partial charge is 0.388 e. The first-order chi connectivity index (χ1) is 10.1. The Hall–Kier alpha value is -1.58. The van der Waals surface area contributed by atoms with Crippen LogP contribution in [0.1, 0.15) is 23.7 Å². The third-order valence-electron chi connectivity index (χ3n) is 4.22. The van der Waals surface area contributed by atoms with Crippen LogP contribution in [0.4, 0.5) is 5.69 Å². The summed E-state index contributed by atoms with van der Waals surface area (Å²) < 4.78 is 0. The molecule has 2 heterocycles. The molecule has 1 N–H and O–H groups in total. The fourth-order valence-corrected chi connectivity index (χ4v) is 3.06. The molecule has 21 heavy (non-hydrogen) atoms. The van der Waals surface area contributed by atoms with Crippen LogP contribution in [-0.2, 0) is 0 Å². The molecule has 1 saturated heterocycles. The molecule has 1 aliphatic rings. The second-order valence-electron chi connectivity index (χ2n) is 5.66. The number of aryl methyl sites for hydroxylation is 1. The zero-order valence-electron chi connectivity index (χ0n) is 12.0. The molecule has 4 heteroatoms. The zero-order valence-corrected chi connectivity index (χ0v) is 12.8. The van der Waals surface area contributed by atoms with E-state index < -0.39 is 6.10 Å². The Morgan fingerprint density at radius 2 is 2.24 bits per heavy atom. The van der Waals surface area contributed by atoms with Gasteiger partial charge in [0.2, 0.25) is 0 Å². The molecular formula is C17H19ClN2O. The molecule has 110 valence electrons. The zero-order chi connectivity index (χ0) is 14.8. The second kappa shape index (κ2) is 6.04. The van der Waals surface area contributed by atoms with Crippen molar-refractivity contribution in [3.63, 3.8) is 0 Å². The standard InChI is InChI=1S/C17H19ClN2O/c1-12-4-5-15(9-16(12)18)20-8-6-14(11-20)17(21)13-3-2-7-19-10-13/h2-5,7,9-10,14,17,21H,6,8,11H2,1H3. The summed E-state index contributed by atoms with van der Waals surface area (Å²) in [6.07, 6.45) is 3.99. The highest BCUT2D eigenvalue weighted by Crippen LogP contribution is 2.33. The molecule has 2 atom stereocenters. The lowest BCUT2D eigenvalue weighted by Crippen LogP contribution is -2.22. The average Bonchev–Trinajstić information content (AvgIpc) is 3.00. The SMILES string of the molecule is Cc1ccc(N2CCC(C(O)c3cccnc3)C2)cc1Cl. The number of nitrogens with zero attached hydrogens (tertiary/aromatic N) is 2. The fraction of sp³-hybridized carbons (Fsp3) is 0.353. The molecule has 0 saturated carbocycles. The van der Waals surface area contributed by atoms with Crippen LogP contribution in [0.25, 0.3) is 0 Å². The van der Waals surface area contributed by atoms with Gasteiger partial charge < -0.3 is 10.0 Å². The number of aliphatic hydroxyl groups is 1. The van der Waals surface area contributed by atoms with Gasteiger partial charge in [-0.25, -0.2) is 0 Å². The predicted molar refractivity (Wildman–Crippen MR) is 85.7 cm³/mol. The summed E-state index contributed by atoms with van der Waals surface area (Å²) in [5.74, 6) is 0.231. The van der Waals surface area contributed by atoms with Crippen molar-refractivity contribution in [2.75, 3.05) is 18.0 Å². The van der Waals surface area contributed by atoms with Gasteiger partial charge in [0.1, 0.15) is 0 Å². The molecule has 0 bridgehead atoms. The monoisotopic (exact) mass is 302 g/mol. The molecule has 1 aliphatic heterocycles. The van der Waals surface area contributed by atoms with Gasteiger partial charge in [0.25, 0.3) is 0 Å². The fourth-order valence-electron chi connectivity index (χ4n) is 2.88. The van der Waals surface area contributed by atoms with Gasteiger partial charge >= 0.3 is 0 Å². The number of anilines is 1. The minimum absolute atomic E-state index is 0.231. The number of hydrogen-bond donors (Lipinski definition) is 1. The Balaban J connectivity index is 1.72. The summed E-state index contributed by atoms with van der Waals surface area (Å²) in [4.78, 5) is 6.37. The molecule has 2 aromatic rings. The van der Waals surface area contributed by atoms with Crippen LogP contribution < -0.4 is 4.90 Å². The van der Waals surface area contributed by atoms with E-state index >= 15 is 0 Å². The van der Waals surface area contributed by atoms with E-state index in [2.05, 4.69) is 16.0 Å². The van der Waals surface area contributed by atoms with Gasteiger partial charge in [-0.3, -0.25) is 4.98 Å². The maximum absolute atomic E-state index is 10.5. The van der Waals surface area contributed by atoms with Crippen molar-refractivity contribution in [3.05, 3.63) is 58.9 Å². The van der Waals surface area contributed by atoms with Crippen molar-refractivity contribution in [2.24, 2.45) is 5.92 Å². The van der Waals surface area contributed by atoms with Crippen LogP contribution in [-0.4, -0.2) is 23.2 Å². The lowest BCUT2D eigenvalue weighted by atomic mass is 9.96. The highest BCUT2D eigenvalue weighted by atomic mass is 35.5. The van der Waals surface area contributed by atoms with Crippen molar-refractivity contribution in [1.82, 2.24) is 4.98 Å². The van der Waals surface area contributed by atoms with Crippen molar-refractivity contribution < 1.29 is 5.11 Å². The molecule has 0 radical (unpaired) electrons. The predicted octanol–water partition coefficient (Wildman–Crippen LogP) is 3.60. The first kappa shape index (κ1) is 14.4. The molecule has 0 aliphatic carbocycles. The summed E-state index contributed by atoms with van der Waals surface area (Å²) in [5.41, 5.74) is 3.12. The van der Waals surface area contributed by atoms with Gasteiger partial charge in [-0.15, -0.1) is 0 Å². The molecule has 3 nitrogen and oxygen atoms in total. The molecule has 0 spiro atoms. The third-order valence-corrected chi connectivity index (χ3v) is 4.62. The molecule has 3 rings (SSSR count). The number of benzene rings is 1. The van der Waals surface area contributed by atoms with Crippen molar-refractivity contribution in [3.8, 4) is 0 Å². The smallest absolute Gasteiger partial charge is 0.0850 e. The summed E-state index contributed by atoms with van der Waals surface area (Å²) in [6, 6.07) is 9.95. The van der Waals surface area contributed by atoms with E-state index in [4.69, 9.17) is 11.6 Å². The van der Waals surface area contributed by atoms with Gasteiger partial charge in [0.15, 0.2) is 0 Å². The first-order valence-corrected chi connectivity index (χ1v) is 7.62. The van der Waals surface area contributed by atoms with Crippen molar-refractivity contribution in [1.29, 1.82) is 0 Å². The van der Waals surface area contributed by atoms with E-state index in [0.717, 1.165) is 41.3 Å². The second-order valence-corrected chi connectivity index (χ2v) is 6.07. The van der Waals surface area contributed by atoms with E-state index in [1.54, 1.807) is 12.4 Å². The maximum atomic E-state index is 10.5. The first-order valence-electron chi connectivity index (χ1n) is 7.24. The number of hydrogen-bond acceptors (Lipinski definition) is 3. The van der Waals surface area contributed by atoms with Crippen LogP contribution in [0.15, 0.2) is 42.7 Å². The molecule has 1 aromatic heterocycles. The summed E-state index contributed by atoms with van der Waals surface area (Å²) in [5, 5.41) is 11.3. The van der Waals surface area contributed by atoms with Crippen LogP contribution in [0.2, 0.25) is 5.02 Å². The summed E-state index contributed by atoms with van der Waals surface area (Å²) in [6.45, 7) is 3.79.